The molecule has 8 nitrogen and oxygen atoms in total. The Kier molecular flexibility index (Phi) is 7.42. The third-order valence-corrected chi connectivity index (χ3v) is 6.75. The molecule has 1 unspecified atom stereocenters. The number of oxazole rings is 1. The first kappa shape index (κ1) is 24.3. The summed E-state index contributed by atoms with van der Waals surface area (Å²) < 4.78 is 60.9. The third-order valence-electron chi connectivity index (χ3n) is 5.13. The number of hydrogen-bond acceptors (Lipinski definition) is 7. The fraction of sp³-hybridized carbons (Fsp3) is 0.318. The number of ether oxygens (including phenoxy) is 1. The molecule has 0 aliphatic heterocycles. The van der Waals surface area contributed by atoms with E-state index in [9.17, 15) is 26.8 Å². The number of nitrogens with zero attached hydrogens (tertiary/aromatic N) is 1. The molecule has 1 aromatic heterocycles. The first-order chi connectivity index (χ1) is 15.6. The summed E-state index contributed by atoms with van der Waals surface area (Å²) in [6, 6.07) is 12.1. The van der Waals surface area contributed by atoms with Crippen LogP contribution >= 0.6 is 0 Å². The average molecular weight is 480 g/mol. The number of primary amides is 1. The van der Waals surface area contributed by atoms with Gasteiger partial charge in [-0.3, -0.25) is 9.59 Å². The lowest BCUT2D eigenvalue weighted by Gasteiger charge is -2.21. The minimum Gasteiger partial charge on any atom is -0.435 e. The van der Waals surface area contributed by atoms with Crippen molar-refractivity contribution in [1.82, 2.24) is 4.98 Å². The lowest BCUT2D eigenvalue weighted by molar-refractivity contribution is -0.122. The highest BCUT2D eigenvalue weighted by molar-refractivity contribution is 7.90. The highest BCUT2D eigenvalue weighted by Gasteiger charge is 2.37. The molecule has 176 valence electrons. The van der Waals surface area contributed by atoms with Crippen LogP contribution in [0.2, 0.25) is 0 Å². The molecule has 0 spiro atoms. The zero-order valence-electron chi connectivity index (χ0n) is 17.6. The van der Waals surface area contributed by atoms with Gasteiger partial charge >= 0.3 is 6.61 Å². The van der Waals surface area contributed by atoms with Crippen molar-refractivity contribution < 1.29 is 35.9 Å². The van der Waals surface area contributed by atoms with Gasteiger partial charge in [0, 0.05) is 11.5 Å². The van der Waals surface area contributed by atoms with Crippen molar-refractivity contribution in [3.05, 3.63) is 60.0 Å². The minimum absolute atomic E-state index is 0.000605. The molecule has 0 aliphatic rings. The molecule has 0 fully saturated rings. The second-order valence-electron chi connectivity index (χ2n) is 7.42. The van der Waals surface area contributed by atoms with E-state index in [2.05, 4.69) is 9.72 Å². The number of Topliss-reactive ketones (excluding diaryl/α,β-unsaturated/α-hetero) is 1. The second kappa shape index (κ2) is 10.1. The molecule has 1 heterocycles. The summed E-state index contributed by atoms with van der Waals surface area (Å²) in [5.41, 5.74) is 6.28. The highest BCUT2D eigenvalue weighted by Crippen LogP contribution is 2.28. The predicted molar refractivity (Wildman–Crippen MR) is 115 cm³/mol. The molecule has 2 atom stereocenters. The SMILES string of the molecule is CC[C@H](C(=O)c1nc2ccccc2o1)C(CS(=O)(=O)Cc1ccccc1OC(F)F)C(N)=O. The number of carbonyl (C=O) groups is 2. The Morgan fingerprint density at radius 3 is 2.39 bits per heavy atom. The fourth-order valence-corrected chi connectivity index (χ4v) is 5.36. The quantitative estimate of drug-likeness (QED) is 0.417. The first-order valence-corrected chi connectivity index (χ1v) is 11.9. The van der Waals surface area contributed by atoms with E-state index >= 15 is 0 Å². The van der Waals surface area contributed by atoms with E-state index in [-0.39, 0.29) is 23.6 Å². The maximum absolute atomic E-state index is 13.0. The smallest absolute Gasteiger partial charge is 0.387 e. The van der Waals surface area contributed by atoms with E-state index in [1.165, 1.54) is 24.3 Å². The molecular weight excluding hydrogens is 458 g/mol. The standard InChI is InChI=1S/C22H22F2N2O6S/c1-2-14(19(27)21-26-16-8-4-6-10-18(16)31-21)15(20(25)28)12-33(29,30)11-13-7-3-5-9-17(13)32-22(23)24/h3-10,14-15,22H,2,11-12H2,1H3,(H2,25,28)/t14-,15?/m0/s1. The largest absolute Gasteiger partial charge is 0.435 e. The molecule has 0 aliphatic carbocycles. The zero-order valence-corrected chi connectivity index (χ0v) is 18.4. The fourth-order valence-electron chi connectivity index (χ4n) is 3.59. The summed E-state index contributed by atoms with van der Waals surface area (Å²) >= 11 is 0. The first-order valence-electron chi connectivity index (χ1n) is 10.0. The summed E-state index contributed by atoms with van der Waals surface area (Å²) in [6.45, 7) is -1.52. The van der Waals surface area contributed by atoms with Crippen LogP contribution in [-0.4, -0.2) is 37.5 Å². The van der Waals surface area contributed by atoms with Gasteiger partial charge in [0.25, 0.3) is 5.89 Å². The van der Waals surface area contributed by atoms with Crippen molar-refractivity contribution in [1.29, 1.82) is 0 Å². The number of hydrogen-bond donors (Lipinski definition) is 1. The van der Waals surface area contributed by atoms with Crippen molar-refractivity contribution in [2.45, 2.75) is 25.7 Å². The van der Waals surface area contributed by atoms with E-state index in [0.29, 0.717) is 11.1 Å². The lowest BCUT2D eigenvalue weighted by Crippen LogP contribution is -2.39. The highest BCUT2D eigenvalue weighted by atomic mass is 32.2. The molecule has 11 heteroatoms. The van der Waals surface area contributed by atoms with Crippen LogP contribution in [0.1, 0.15) is 29.6 Å². The van der Waals surface area contributed by atoms with Gasteiger partial charge in [-0.15, -0.1) is 0 Å². The predicted octanol–water partition coefficient (Wildman–Crippen LogP) is 3.35. The molecule has 33 heavy (non-hydrogen) atoms. The Hall–Kier alpha value is -3.34. The van der Waals surface area contributed by atoms with E-state index in [4.69, 9.17) is 10.2 Å². The number of sulfone groups is 1. The zero-order chi connectivity index (χ0) is 24.2. The van der Waals surface area contributed by atoms with Gasteiger partial charge < -0.3 is 14.9 Å². The Labute approximate surface area is 188 Å². The van der Waals surface area contributed by atoms with E-state index in [1.807, 2.05) is 0 Å². The van der Waals surface area contributed by atoms with Gasteiger partial charge in [-0.05, 0) is 24.6 Å². The molecule has 3 rings (SSSR count). The molecule has 3 aromatic rings. The number of fused-ring (bicyclic) bond motifs is 1. The second-order valence-corrected chi connectivity index (χ2v) is 9.52. The Morgan fingerprint density at radius 1 is 1.09 bits per heavy atom. The number of amides is 1. The van der Waals surface area contributed by atoms with Crippen LogP contribution in [0.15, 0.2) is 52.9 Å². The number of benzene rings is 2. The number of aromatic nitrogens is 1. The maximum atomic E-state index is 13.0. The van der Waals surface area contributed by atoms with Crippen molar-refractivity contribution in [2.75, 3.05) is 5.75 Å². The molecule has 0 bridgehead atoms. The third kappa shape index (κ3) is 5.92. The number of nitrogens with two attached hydrogens (primary N) is 1. The van der Waals surface area contributed by atoms with Crippen LogP contribution < -0.4 is 10.5 Å². The lowest BCUT2D eigenvalue weighted by atomic mass is 9.87. The molecule has 0 radical (unpaired) electrons. The Morgan fingerprint density at radius 2 is 1.76 bits per heavy atom. The van der Waals surface area contributed by atoms with Crippen LogP contribution in [0.5, 0.6) is 5.75 Å². The summed E-state index contributed by atoms with van der Waals surface area (Å²) in [4.78, 5) is 29.4. The van der Waals surface area contributed by atoms with E-state index < -0.39 is 51.5 Å². The van der Waals surface area contributed by atoms with Gasteiger partial charge in [0.2, 0.25) is 11.7 Å². The maximum Gasteiger partial charge on any atom is 0.387 e. The number of para-hydroxylation sites is 3. The summed E-state index contributed by atoms with van der Waals surface area (Å²) in [6.07, 6.45) is 0.103. The number of alkyl halides is 2. The van der Waals surface area contributed by atoms with Gasteiger partial charge in [-0.25, -0.2) is 13.4 Å². The van der Waals surface area contributed by atoms with Crippen molar-refractivity contribution >= 4 is 32.6 Å². The van der Waals surface area contributed by atoms with Gasteiger partial charge in [0.15, 0.2) is 15.4 Å². The number of carbonyl (C=O) groups excluding carboxylic acids is 2. The topological polar surface area (TPSA) is 130 Å². The van der Waals surface area contributed by atoms with Gasteiger partial charge in [-0.2, -0.15) is 8.78 Å². The van der Waals surface area contributed by atoms with Gasteiger partial charge in [0.05, 0.1) is 17.4 Å². The number of ketones is 1. The number of rotatable bonds is 11. The molecule has 2 aromatic carbocycles. The molecule has 0 saturated heterocycles. The Bertz CT molecular complexity index is 1230. The summed E-state index contributed by atoms with van der Waals surface area (Å²) in [7, 11) is -4.06. The van der Waals surface area contributed by atoms with Crippen LogP contribution in [-0.2, 0) is 20.4 Å². The van der Waals surface area contributed by atoms with Crippen LogP contribution in [0.25, 0.3) is 11.1 Å². The average Bonchev–Trinajstić information content (AvgIpc) is 3.18. The van der Waals surface area contributed by atoms with Crippen molar-refractivity contribution in [2.24, 2.45) is 17.6 Å². The molecular formula is C22H22F2N2O6S. The normalized spacial score (nSPS) is 13.7. The van der Waals surface area contributed by atoms with Crippen molar-refractivity contribution in [3.63, 3.8) is 0 Å². The van der Waals surface area contributed by atoms with Crippen LogP contribution in [0.3, 0.4) is 0 Å². The van der Waals surface area contributed by atoms with Crippen molar-refractivity contribution in [3.8, 4) is 5.75 Å². The van der Waals surface area contributed by atoms with Crippen LogP contribution in [0, 0.1) is 11.8 Å². The molecule has 0 saturated carbocycles. The van der Waals surface area contributed by atoms with Gasteiger partial charge in [0.1, 0.15) is 11.3 Å². The van der Waals surface area contributed by atoms with Crippen LogP contribution in [0.4, 0.5) is 8.78 Å². The minimum atomic E-state index is -4.06. The summed E-state index contributed by atoms with van der Waals surface area (Å²) in [5, 5.41) is 0. The van der Waals surface area contributed by atoms with Gasteiger partial charge in [-0.1, -0.05) is 37.3 Å². The molecule has 1 amide bonds. The van der Waals surface area contributed by atoms with E-state index in [0.717, 1.165) is 0 Å². The summed E-state index contributed by atoms with van der Waals surface area (Å²) in [5.74, 6) is -6.06. The Balaban J connectivity index is 1.85. The van der Waals surface area contributed by atoms with E-state index in [1.54, 1.807) is 31.2 Å². The molecule has 2 N–H and O–H groups in total. The number of halogens is 2. The monoisotopic (exact) mass is 480 g/mol.